The predicted octanol–water partition coefficient (Wildman–Crippen LogP) is 9.91. The summed E-state index contributed by atoms with van der Waals surface area (Å²) in [6, 6.07) is 67.3. The quantitative estimate of drug-likeness (QED) is 0.0891. The van der Waals surface area contributed by atoms with Gasteiger partial charge in [-0.1, -0.05) is 194 Å². The summed E-state index contributed by atoms with van der Waals surface area (Å²) in [7, 11) is -2.21. The molecule has 0 saturated heterocycles. The molecule has 3 atom stereocenters. The zero-order valence-corrected chi connectivity index (χ0v) is 29.6. The molecule has 49 heavy (non-hydrogen) atoms. The van der Waals surface area contributed by atoms with E-state index < -0.39 is 15.5 Å². The lowest BCUT2D eigenvalue weighted by molar-refractivity contribution is 0.367. The van der Waals surface area contributed by atoms with Crippen LogP contribution < -0.4 is 21.2 Å². The topological polar surface area (TPSA) is 27.7 Å². The molecule has 0 amide bonds. The van der Waals surface area contributed by atoms with Crippen LogP contribution in [0.4, 0.5) is 0 Å². The number of hydrogen-bond donors (Lipinski definition) is 0. The molecule has 0 aromatic heterocycles. The van der Waals surface area contributed by atoms with Gasteiger partial charge in [-0.2, -0.15) is 0 Å². The van der Waals surface area contributed by atoms with Gasteiger partial charge in [-0.25, -0.2) is 0 Å². The van der Waals surface area contributed by atoms with Crippen molar-refractivity contribution in [2.45, 2.75) is 0 Å². The van der Waals surface area contributed by atoms with Gasteiger partial charge in [-0.15, -0.1) is 0 Å². The van der Waals surface area contributed by atoms with Crippen molar-refractivity contribution in [1.29, 1.82) is 0 Å². The van der Waals surface area contributed by atoms with Gasteiger partial charge in [0.1, 0.15) is 0 Å². The molecule has 0 aliphatic heterocycles. The van der Waals surface area contributed by atoms with Crippen LogP contribution in [0.3, 0.4) is 0 Å². The number of benzene rings is 7. The molecule has 7 rings (SSSR count). The summed E-state index contributed by atoms with van der Waals surface area (Å²) in [5.41, 5.74) is 6.89. The second kappa shape index (κ2) is 16.9. The van der Waals surface area contributed by atoms with Crippen LogP contribution in [0.1, 0.15) is 0 Å². The van der Waals surface area contributed by atoms with E-state index in [-0.39, 0.29) is 17.6 Å². The molecule has 0 fully saturated rings. The minimum absolute atomic E-state index is 0.0564. The van der Waals surface area contributed by atoms with Crippen LogP contribution >= 0.6 is 25.8 Å². The molecule has 0 N–H and O–H groups in total. The number of rotatable bonds is 13. The van der Waals surface area contributed by atoms with Gasteiger partial charge in [0, 0.05) is 33.8 Å². The van der Waals surface area contributed by atoms with E-state index in [0.717, 1.165) is 49.0 Å². The first-order valence-electron chi connectivity index (χ1n) is 16.1. The van der Waals surface area contributed by atoms with Crippen molar-refractivity contribution in [1.82, 2.24) is 0 Å². The van der Waals surface area contributed by atoms with Crippen molar-refractivity contribution in [2.75, 3.05) is 0 Å². The minimum Gasteiger partial charge on any atom is -0.361 e. The molecule has 0 bridgehead atoms. The van der Waals surface area contributed by atoms with Crippen LogP contribution in [-0.4, -0.2) is 7.32 Å². The highest BCUT2D eigenvalue weighted by Gasteiger charge is 2.32. The van der Waals surface area contributed by atoms with Gasteiger partial charge < -0.3 is 13.3 Å². The maximum atomic E-state index is 7.10. The third-order valence-corrected chi connectivity index (χ3v) is 11.6. The van der Waals surface area contributed by atoms with Gasteiger partial charge >= 0.3 is 7.32 Å². The van der Waals surface area contributed by atoms with E-state index in [2.05, 4.69) is 152 Å². The Kier molecular flexibility index (Phi) is 11.5. The van der Waals surface area contributed by atoms with Gasteiger partial charge in [0.05, 0.1) is 8.15 Å². The van der Waals surface area contributed by atoms with Crippen molar-refractivity contribution in [2.24, 2.45) is 0 Å². The van der Waals surface area contributed by atoms with E-state index in [9.17, 15) is 0 Å². The summed E-state index contributed by atoms with van der Waals surface area (Å²) in [4.78, 5) is 0. The first kappa shape index (κ1) is 33.3. The first-order chi connectivity index (χ1) is 24.3. The highest BCUT2D eigenvalue weighted by Crippen LogP contribution is 2.47. The Labute approximate surface area is 294 Å². The predicted molar refractivity (Wildman–Crippen MR) is 213 cm³/mol. The fraction of sp³-hybridized carbons (Fsp3) is 0. The molecule has 7 heteroatoms. The van der Waals surface area contributed by atoms with Crippen LogP contribution in [0.2, 0.25) is 0 Å². The highest BCUT2D eigenvalue weighted by molar-refractivity contribution is 7.70. The molecule has 0 radical (unpaired) electrons. The van der Waals surface area contributed by atoms with E-state index >= 15 is 0 Å². The Morgan fingerprint density at radius 3 is 1.29 bits per heavy atom. The van der Waals surface area contributed by atoms with E-state index in [1.165, 1.54) is 5.56 Å². The lowest BCUT2D eigenvalue weighted by atomic mass is 9.87. The van der Waals surface area contributed by atoms with Crippen molar-refractivity contribution < 1.29 is 13.3 Å². The molecule has 0 saturated carbocycles. The third-order valence-electron chi connectivity index (χ3n) is 7.89. The fourth-order valence-corrected chi connectivity index (χ4v) is 9.08. The van der Waals surface area contributed by atoms with Crippen LogP contribution in [0.15, 0.2) is 194 Å². The summed E-state index contributed by atoms with van der Waals surface area (Å²) in [6.07, 6.45) is 0. The minimum atomic E-state index is -1.42. The fourth-order valence-electron chi connectivity index (χ4n) is 5.64. The first-order valence-corrected chi connectivity index (χ1v) is 19.2. The lowest BCUT2D eigenvalue weighted by Gasteiger charge is -2.27. The molecule has 7 aromatic carbocycles. The Balaban J connectivity index is 1.38. The molecule has 3 nitrogen and oxygen atoms in total. The molecule has 0 aliphatic rings. The monoisotopic (exact) mass is 690 g/mol. The van der Waals surface area contributed by atoms with Crippen molar-refractivity contribution in [3.63, 3.8) is 0 Å². The summed E-state index contributed by atoms with van der Waals surface area (Å²) in [6.45, 7) is 0. The normalized spacial score (nSPS) is 12.1. The summed E-state index contributed by atoms with van der Waals surface area (Å²) >= 11 is 0. The van der Waals surface area contributed by atoms with Gasteiger partial charge in [-0.05, 0) is 38.4 Å². The van der Waals surface area contributed by atoms with Crippen LogP contribution in [0.5, 0.6) is 0 Å². The molecule has 7 aromatic rings. The van der Waals surface area contributed by atoms with Gasteiger partial charge in [-0.3, -0.25) is 0 Å². The molecule has 3 unspecified atom stereocenters. The van der Waals surface area contributed by atoms with E-state index in [4.69, 9.17) is 13.3 Å². The molecule has 0 spiro atoms. The Bertz CT molecular complexity index is 1990. The summed E-state index contributed by atoms with van der Waals surface area (Å²) < 4.78 is 20.1. The molecule has 238 valence electrons. The zero-order valence-electron chi connectivity index (χ0n) is 26.7. The molecule has 0 heterocycles. The highest BCUT2D eigenvalue weighted by atomic mass is 31.1. The standard InChI is InChI=1S/C42H34BO3P3/c1-7-19-33(20-8-1)39-31-32-40(42(35-23-11-3-12-24-35)41(39)34-21-9-2-10-22-34)49(38-29-17-6-18-30-38)46-43(44-47-36-25-13-4-14-26-36)45-48-37-27-15-5-16-28-37/h1-32,47-48H. The largest absolute Gasteiger partial charge is 0.650 e. The summed E-state index contributed by atoms with van der Waals surface area (Å²) in [5.74, 6) is 0. The van der Waals surface area contributed by atoms with Crippen LogP contribution in [0, 0.1) is 0 Å². The van der Waals surface area contributed by atoms with E-state index in [1.807, 2.05) is 42.5 Å². The van der Waals surface area contributed by atoms with Gasteiger partial charge in [0.15, 0.2) is 0 Å². The van der Waals surface area contributed by atoms with Crippen LogP contribution in [0.25, 0.3) is 33.4 Å². The van der Waals surface area contributed by atoms with Gasteiger partial charge in [0.2, 0.25) is 0 Å². The Morgan fingerprint density at radius 2 is 0.796 bits per heavy atom. The van der Waals surface area contributed by atoms with Gasteiger partial charge in [0.25, 0.3) is 0 Å². The second-order valence-electron chi connectivity index (χ2n) is 11.2. The Morgan fingerprint density at radius 1 is 0.388 bits per heavy atom. The van der Waals surface area contributed by atoms with E-state index in [0.29, 0.717) is 0 Å². The maximum Gasteiger partial charge on any atom is 0.650 e. The van der Waals surface area contributed by atoms with Crippen molar-refractivity contribution in [3.8, 4) is 33.4 Å². The molecular formula is C42H34BO3P3. The number of hydrogen-bond acceptors (Lipinski definition) is 3. The maximum absolute atomic E-state index is 7.10. The van der Waals surface area contributed by atoms with E-state index in [1.54, 1.807) is 0 Å². The zero-order chi connectivity index (χ0) is 33.1. The Hall–Kier alpha value is -4.23. The molecular weight excluding hydrogens is 656 g/mol. The third kappa shape index (κ3) is 8.50. The molecule has 0 aliphatic carbocycles. The van der Waals surface area contributed by atoms with Crippen molar-refractivity contribution in [3.05, 3.63) is 194 Å². The second-order valence-corrected chi connectivity index (χ2v) is 15.0. The average Bonchev–Trinajstić information content (AvgIpc) is 3.19. The smallest absolute Gasteiger partial charge is 0.361 e. The van der Waals surface area contributed by atoms with Crippen molar-refractivity contribution >= 4 is 54.3 Å². The SMILES string of the molecule is c1ccc(POB(OPc2ccccc2)OP(c2ccccc2)c2ccc(-c3ccccc3)c(-c3ccccc3)c2-c2ccccc2)cc1. The lowest BCUT2D eigenvalue weighted by Crippen LogP contribution is -2.27. The average molecular weight is 690 g/mol. The van der Waals surface area contributed by atoms with Crippen LogP contribution in [-0.2, 0) is 13.3 Å². The summed E-state index contributed by atoms with van der Waals surface area (Å²) in [5, 5.41) is 4.32.